The van der Waals surface area contributed by atoms with Gasteiger partial charge in [0, 0.05) is 0 Å². The van der Waals surface area contributed by atoms with Crippen LogP contribution in [0.25, 0.3) is 0 Å². The van der Waals surface area contributed by atoms with Gasteiger partial charge in [0.05, 0.1) is 50.7 Å². The van der Waals surface area contributed by atoms with E-state index in [0.29, 0.717) is 12.8 Å². The molecule has 1 fully saturated rings. The van der Waals surface area contributed by atoms with Crippen molar-refractivity contribution >= 4 is 12.2 Å². The Bertz CT molecular complexity index is 538. The molecule has 2 aliphatic rings. The number of carboxylic acid groups (broad SMARTS) is 1. The van der Waals surface area contributed by atoms with Crippen LogP contribution in [0.4, 0.5) is 9.59 Å². The lowest BCUT2D eigenvalue weighted by molar-refractivity contribution is -0.0606. The molecule has 2 rings (SSSR count). The standard InChI is InChI=1S/C18H30N2O7/c1-18(2,3)27-16(22)19-12-4-6-14(25-10-12)8-20(17(23)24)13-5-7-15(9-21)26-11-13/h4,6,12-15,21H,5,7-11H2,1-3H3,(H,19,22)(H,23,24)/t12-,13-,14?,15?/m0/s1. The first kappa shape index (κ1) is 21.5. The molecule has 0 radical (unpaired) electrons. The third-order valence-corrected chi connectivity index (χ3v) is 4.36. The molecule has 0 aliphatic carbocycles. The SMILES string of the molecule is CC(C)(C)OC(=O)N[C@H]1C=CC(CN(C(=O)O)[C@H]2CCC(CO)OC2)OC1. The van der Waals surface area contributed by atoms with Crippen LogP contribution >= 0.6 is 0 Å². The highest BCUT2D eigenvalue weighted by Gasteiger charge is 2.31. The van der Waals surface area contributed by atoms with Crippen LogP contribution in [-0.2, 0) is 14.2 Å². The summed E-state index contributed by atoms with van der Waals surface area (Å²) < 4.78 is 16.4. The molecule has 1 saturated heterocycles. The van der Waals surface area contributed by atoms with Crippen molar-refractivity contribution in [2.24, 2.45) is 0 Å². The van der Waals surface area contributed by atoms with Gasteiger partial charge >= 0.3 is 12.2 Å². The number of carbonyl (C=O) groups is 2. The van der Waals surface area contributed by atoms with E-state index in [0.717, 1.165) is 0 Å². The van der Waals surface area contributed by atoms with Gasteiger partial charge in [-0.2, -0.15) is 0 Å². The molecule has 0 bridgehead atoms. The van der Waals surface area contributed by atoms with Gasteiger partial charge in [-0.3, -0.25) is 0 Å². The maximum absolute atomic E-state index is 11.8. The van der Waals surface area contributed by atoms with Gasteiger partial charge in [-0.25, -0.2) is 9.59 Å². The van der Waals surface area contributed by atoms with Crippen molar-refractivity contribution in [1.29, 1.82) is 0 Å². The number of aliphatic hydroxyl groups is 1. The molecule has 4 atom stereocenters. The zero-order valence-corrected chi connectivity index (χ0v) is 16.1. The van der Waals surface area contributed by atoms with Crippen LogP contribution in [0.1, 0.15) is 33.6 Å². The number of rotatable bonds is 5. The van der Waals surface area contributed by atoms with E-state index in [1.807, 2.05) is 0 Å². The minimum atomic E-state index is -1.03. The number of aliphatic hydroxyl groups excluding tert-OH is 1. The van der Waals surface area contributed by atoms with E-state index in [1.54, 1.807) is 32.9 Å². The molecule has 27 heavy (non-hydrogen) atoms. The monoisotopic (exact) mass is 386 g/mol. The van der Waals surface area contributed by atoms with Crippen LogP contribution in [0, 0.1) is 0 Å². The summed E-state index contributed by atoms with van der Waals surface area (Å²) in [6, 6.07) is -0.586. The second kappa shape index (κ2) is 9.38. The Morgan fingerprint density at radius 3 is 2.44 bits per heavy atom. The maximum Gasteiger partial charge on any atom is 0.408 e. The molecule has 2 heterocycles. The quantitative estimate of drug-likeness (QED) is 0.611. The Kier molecular flexibility index (Phi) is 7.46. The smallest absolute Gasteiger partial charge is 0.408 e. The van der Waals surface area contributed by atoms with Crippen molar-refractivity contribution < 1.29 is 34.0 Å². The number of alkyl carbamates (subject to hydrolysis) is 1. The van der Waals surface area contributed by atoms with E-state index in [9.17, 15) is 14.7 Å². The van der Waals surface area contributed by atoms with Crippen molar-refractivity contribution in [3.8, 4) is 0 Å². The van der Waals surface area contributed by atoms with Crippen molar-refractivity contribution in [3.05, 3.63) is 12.2 Å². The number of carbonyl (C=O) groups excluding carboxylic acids is 1. The molecule has 0 saturated carbocycles. The fraction of sp³-hybridized carbons (Fsp3) is 0.778. The van der Waals surface area contributed by atoms with E-state index < -0.39 is 23.9 Å². The molecule has 0 aromatic heterocycles. The molecule has 9 heteroatoms. The topological polar surface area (TPSA) is 118 Å². The molecule has 0 aromatic carbocycles. The zero-order valence-electron chi connectivity index (χ0n) is 16.1. The Morgan fingerprint density at radius 1 is 1.22 bits per heavy atom. The molecular weight excluding hydrogens is 356 g/mol. The summed E-state index contributed by atoms with van der Waals surface area (Å²) in [5, 5.41) is 21.3. The average Bonchev–Trinajstić information content (AvgIpc) is 2.59. The number of hydrogen-bond acceptors (Lipinski definition) is 6. The summed E-state index contributed by atoms with van der Waals surface area (Å²) in [7, 11) is 0. The average molecular weight is 386 g/mol. The van der Waals surface area contributed by atoms with Crippen LogP contribution < -0.4 is 5.32 Å². The molecule has 9 nitrogen and oxygen atoms in total. The summed E-state index contributed by atoms with van der Waals surface area (Å²) in [6.45, 7) is 5.98. The maximum atomic E-state index is 11.8. The van der Waals surface area contributed by atoms with Crippen LogP contribution in [0.2, 0.25) is 0 Å². The van der Waals surface area contributed by atoms with E-state index in [-0.39, 0.29) is 44.6 Å². The summed E-state index contributed by atoms with van der Waals surface area (Å²) in [5.74, 6) is 0. The van der Waals surface area contributed by atoms with Crippen molar-refractivity contribution in [1.82, 2.24) is 10.2 Å². The minimum absolute atomic E-state index is 0.0553. The Labute approximate surface area is 159 Å². The van der Waals surface area contributed by atoms with E-state index in [1.165, 1.54) is 4.90 Å². The highest BCUT2D eigenvalue weighted by atomic mass is 16.6. The van der Waals surface area contributed by atoms with Gasteiger partial charge < -0.3 is 34.6 Å². The summed E-state index contributed by atoms with van der Waals surface area (Å²) in [6.07, 6.45) is 2.63. The first-order valence-corrected chi connectivity index (χ1v) is 9.19. The van der Waals surface area contributed by atoms with Crippen LogP contribution in [0.5, 0.6) is 0 Å². The van der Waals surface area contributed by atoms with Crippen molar-refractivity contribution in [3.63, 3.8) is 0 Å². The predicted octanol–water partition coefficient (Wildman–Crippen LogP) is 1.35. The largest absolute Gasteiger partial charge is 0.465 e. The van der Waals surface area contributed by atoms with Crippen LogP contribution in [0.15, 0.2) is 12.2 Å². The van der Waals surface area contributed by atoms with Gasteiger partial charge in [0.25, 0.3) is 0 Å². The number of nitrogens with one attached hydrogen (secondary N) is 1. The van der Waals surface area contributed by atoms with Gasteiger partial charge in [-0.05, 0) is 33.6 Å². The highest BCUT2D eigenvalue weighted by Crippen LogP contribution is 2.20. The third kappa shape index (κ3) is 7.00. The Hall–Kier alpha value is -1.84. The fourth-order valence-corrected chi connectivity index (χ4v) is 3.02. The van der Waals surface area contributed by atoms with E-state index >= 15 is 0 Å². The summed E-state index contributed by atoms with van der Waals surface area (Å²) in [5.41, 5.74) is -0.578. The number of nitrogens with zero attached hydrogens (tertiary/aromatic N) is 1. The van der Waals surface area contributed by atoms with Gasteiger partial charge in [0.2, 0.25) is 0 Å². The first-order chi connectivity index (χ1) is 12.7. The normalized spacial score (nSPS) is 28.4. The fourth-order valence-electron chi connectivity index (χ4n) is 3.02. The molecule has 2 unspecified atom stereocenters. The third-order valence-electron chi connectivity index (χ3n) is 4.36. The molecule has 0 spiro atoms. The molecule has 0 aromatic rings. The van der Waals surface area contributed by atoms with Crippen LogP contribution in [-0.4, -0.2) is 83.6 Å². The molecular formula is C18H30N2O7. The molecule has 3 N–H and O–H groups in total. The minimum Gasteiger partial charge on any atom is -0.465 e. The second-order valence-electron chi connectivity index (χ2n) is 7.81. The molecule has 2 aliphatic heterocycles. The molecule has 154 valence electrons. The lowest BCUT2D eigenvalue weighted by Gasteiger charge is -2.37. The lowest BCUT2D eigenvalue weighted by Crippen LogP contribution is -2.50. The van der Waals surface area contributed by atoms with Gasteiger partial charge in [-0.1, -0.05) is 12.2 Å². The predicted molar refractivity (Wildman–Crippen MR) is 96.6 cm³/mol. The second-order valence-corrected chi connectivity index (χ2v) is 7.81. The number of ether oxygens (including phenoxy) is 3. The molecule has 2 amide bonds. The zero-order chi connectivity index (χ0) is 20.0. The Balaban J connectivity index is 1.84. The highest BCUT2D eigenvalue weighted by molar-refractivity contribution is 5.68. The summed E-state index contributed by atoms with van der Waals surface area (Å²) >= 11 is 0. The Morgan fingerprint density at radius 2 is 1.96 bits per heavy atom. The van der Waals surface area contributed by atoms with E-state index in [2.05, 4.69) is 5.32 Å². The number of hydrogen-bond donors (Lipinski definition) is 3. The van der Waals surface area contributed by atoms with E-state index in [4.69, 9.17) is 19.3 Å². The van der Waals surface area contributed by atoms with Crippen LogP contribution in [0.3, 0.4) is 0 Å². The lowest BCUT2D eigenvalue weighted by atomic mass is 10.0. The first-order valence-electron chi connectivity index (χ1n) is 9.19. The van der Waals surface area contributed by atoms with Gasteiger partial charge in [0.1, 0.15) is 5.60 Å². The van der Waals surface area contributed by atoms with Crippen molar-refractivity contribution in [2.75, 3.05) is 26.4 Å². The van der Waals surface area contributed by atoms with Gasteiger partial charge in [0.15, 0.2) is 0 Å². The van der Waals surface area contributed by atoms with Crippen molar-refractivity contribution in [2.45, 2.75) is 63.5 Å². The van der Waals surface area contributed by atoms with Gasteiger partial charge in [-0.15, -0.1) is 0 Å². The number of amides is 2. The summed E-state index contributed by atoms with van der Waals surface area (Å²) in [4.78, 5) is 24.8.